The van der Waals surface area contributed by atoms with Gasteiger partial charge in [0.25, 0.3) is 0 Å². The SMILES string of the molecule is COc1c(C)c(F)cc(CC(C)C(=O)O)c1C. The van der Waals surface area contributed by atoms with Crippen molar-refractivity contribution in [2.45, 2.75) is 27.2 Å². The number of aliphatic carboxylic acids is 1. The van der Waals surface area contributed by atoms with E-state index in [0.29, 0.717) is 23.3 Å². The first-order valence-electron chi connectivity index (χ1n) is 5.43. The minimum Gasteiger partial charge on any atom is -0.496 e. The van der Waals surface area contributed by atoms with Gasteiger partial charge in [-0.1, -0.05) is 6.92 Å². The van der Waals surface area contributed by atoms with Gasteiger partial charge in [0.05, 0.1) is 13.0 Å². The van der Waals surface area contributed by atoms with Crippen molar-refractivity contribution in [2.75, 3.05) is 7.11 Å². The van der Waals surface area contributed by atoms with Crippen LogP contribution in [0, 0.1) is 25.6 Å². The number of ether oxygens (including phenoxy) is 1. The van der Waals surface area contributed by atoms with Crippen LogP contribution in [-0.4, -0.2) is 18.2 Å². The Hall–Kier alpha value is -1.58. The normalized spacial score (nSPS) is 12.3. The van der Waals surface area contributed by atoms with E-state index in [0.717, 1.165) is 5.56 Å². The molecule has 0 bridgehead atoms. The van der Waals surface area contributed by atoms with E-state index in [1.807, 2.05) is 6.92 Å². The first-order valence-corrected chi connectivity index (χ1v) is 5.43. The summed E-state index contributed by atoms with van der Waals surface area (Å²) in [6.45, 7) is 5.06. The van der Waals surface area contributed by atoms with Crippen LogP contribution in [0.1, 0.15) is 23.6 Å². The molecule has 0 amide bonds. The summed E-state index contributed by atoms with van der Waals surface area (Å²) in [6, 6.07) is 1.40. The maximum Gasteiger partial charge on any atom is 0.306 e. The highest BCUT2D eigenvalue weighted by Crippen LogP contribution is 2.29. The average molecular weight is 240 g/mol. The standard InChI is InChI=1S/C13H17FO3/c1-7(13(15)16)5-10-6-11(14)9(3)12(17-4)8(10)2/h6-7H,5H2,1-4H3,(H,15,16). The second kappa shape index (κ2) is 5.17. The molecule has 0 fully saturated rings. The third-order valence-electron chi connectivity index (χ3n) is 2.97. The molecule has 0 aromatic heterocycles. The molecule has 0 aliphatic heterocycles. The van der Waals surface area contributed by atoms with Crippen molar-refractivity contribution in [2.24, 2.45) is 5.92 Å². The summed E-state index contributed by atoms with van der Waals surface area (Å²) in [6.07, 6.45) is 0.300. The van der Waals surface area contributed by atoms with Crippen LogP contribution in [-0.2, 0) is 11.2 Å². The minimum atomic E-state index is -0.885. The maximum atomic E-state index is 13.6. The summed E-state index contributed by atoms with van der Waals surface area (Å²) >= 11 is 0. The lowest BCUT2D eigenvalue weighted by Crippen LogP contribution is -2.13. The Kier molecular flexibility index (Phi) is 4.10. The van der Waals surface area contributed by atoms with Crippen LogP contribution in [0.15, 0.2) is 6.07 Å². The molecular weight excluding hydrogens is 223 g/mol. The molecule has 0 radical (unpaired) electrons. The number of carboxylic acids is 1. The van der Waals surface area contributed by atoms with E-state index in [1.54, 1.807) is 13.8 Å². The van der Waals surface area contributed by atoms with E-state index in [1.165, 1.54) is 13.2 Å². The third kappa shape index (κ3) is 2.75. The van der Waals surface area contributed by atoms with E-state index in [4.69, 9.17) is 9.84 Å². The van der Waals surface area contributed by atoms with E-state index in [2.05, 4.69) is 0 Å². The minimum absolute atomic E-state index is 0.300. The highest BCUT2D eigenvalue weighted by atomic mass is 19.1. The van der Waals surface area contributed by atoms with E-state index >= 15 is 0 Å². The van der Waals surface area contributed by atoms with Crippen LogP contribution in [0.25, 0.3) is 0 Å². The molecule has 0 aliphatic carbocycles. The molecule has 4 heteroatoms. The Balaban J connectivity index is 3.17. The molecule has 0 heterocycles. The molecule has 1 N–H and O–H groups in total. The summed E-state index contributed by atoms with van der Waals surface area (Å²) in [5.74, 6) is -1.29. The molecule has 1 aromatic carbocycles. The number of rotatable bonds is 4. The number of carboxylic acid groups (broad SMARTS) is 1. The highest BCUT2D eigenvalue weighted by Gasteiger charge is 2.18. The predicted octanol–water partition coefficient (Wildman–Crippen LogP) is 2.71. The van der Waals surface area contributed by atoms with Crippen molar-refractivity contribution in [1.82, 2.24) is 0 Å². The van der Waals surface area contributed by atoms with E-state index < -0.39 is 11.9 Å². The Labute approximate surface area is 100 Å². The molecule has 94 valence electrons. The topological polar surface area (TPSA) is 46.5 Å². The van der Waals surface area contributed by atoms with Crippen molar-refractivity contribution in [3.05, 3.63) is 28.6 Å². The molecular formula is C13H17FO3. The molecule has 1 rings (SSSR count). The van der Waals surface area contributed by atoms with Crippen LogP contribution in [0.2, 0.25) is 0 Å². The lowest BCUT2D eigenvalue weighted by molar-refractivity contribution is -0.141. The molecule has 1 aromatic rings. The summed E-state index contributed by atoms with van der Waals surface area (Å²) in [7, 11) is 1.49. The van der Waals surface area contributed by atoms with Crippen LogP contribution < -0.4 is 4.74 Å². The van der Waals surface area contributed by atoms with Gasteiger partial charge in [0, 0.05) is 5.56 Å². The van der Waals surface area contributed by atoms with Gasteiger partial charge in [0.1, 0.15) is 11.6 Å². The number of benzene rings is 1. The van der Waals surface area contributed by atoms with Crippen LogP contribution >= 0.6 is 0 Å². The van der Waals surface area contributed by atoms with Crippen molar-refractivity contribution in [1.29, 1.82) is 0 Å². The quantitative estimate of drug-likeness (QED) is 0.880. The van der Waals surface area contributed by atoms with Gasteiger partial charge in [0.15, 0.2) is 0 Å². The second-order valence-electron chi connectivity index (χ2n) is 4.24. The highest BCUT2D eigenvalue weighted by molar-refractivity contribution is 5.70. The van der Waals surface area contributed by atoms with Gasteiger partial charge in [-0.3, -0.25) is 4.79 Å². The third-order valence-corrected chi connectivity index (χ3v) is 2.97. The molecule has 0 saturated carbocycles. The molecule has 0 spiro atoms. The van der Waals surface area contributed by atoms with Gasteiger partial charge < -0.3 is 9.84 Å². The largest absolute Gasteiger partial charge is 0.496 e. The Morgan fingerprint density at radius 2 is 2.06 bits per heavy atom. The Morgan fingerprint density at radius 3 is 2.53 bits per heavy atom. The van der Waals surface area contributed by atoms with Crippen molar-refractivity contribution >= 4 is 5.97 Å². The second-order valence-corrected chi connectivity index (χ2v) is 4.24. The molecule has 17 heavy (non-hydrogen) atoms. The summed E-state index contributed by atoms with van der Waals surface area (Å²) in [4.78, 5) is 10.8. The maximum absolute atomic E-state index is 13.6. The van der Waals surface area contributed by atoms with Crippen LogP contribution in [0.5, 0.6) is 5.75 Å². The Bertz CT molecular complexity index is 441. The predicted molar refractivity (Wildman–Crippen MR) is 62.9 cm³/mol. The molecule has 3 nitrogen and oxygen atoms in total. The fourth-order valence-electron chi connectivity index (χ4n) is 1.84. The van der Waals surface area contributed by atoms with Gasteiger partial charge >= 0.3 is 5.97 Å². The number of hydrogen-bond donors (Lipinski definition) is 1. The van der Waals surface area contributed by atoms with E-state index in [9.17, 15) is 9.18 Å². The number of halogens is 1. The fourth-order valence-corrected chi connectivity index (χ4v) is 1.84. The van der Waals surface area contributed by atoms with Gasteiger partial charge in [-0.2, -0.15) is 0 Å². The van der Waals surface area contributed by atoms with Crippen molar-refractivity contribution < 1.29 is 19.0 Å². The molecule has 1 atom stereocenters. The van der Waals surface area contributed by atoms with Gasteiger partial charge in [-0.05, 0) is 37.5 Å². The first kappa shape index (κ1) is 13.5. The Morgan fingerprint density at radius 1 is 1.47 bits per heavy atom. The fraction of sp³-hybridized carbons (Fsp3) is 0.462. The lowest BCUT2D eigenvalue weighted by Gasteiger charge is -2.15. The zero-order chi connectivity index (χ0) is 13.2. The summed E-state index contributed by atoms with van der Waals surface area (Å²) in [5.41, 5.74) is 1.94. The van der Waals surface area contributed by atoms with Gasteiger partial charge in [-0.25, -0.2) is 4.39 Å². The molecule has 1 unspecified atom stereocenters. The molecule has 0 saturated heterocycles. The molecule has 0 aliphatic rings. The number of methoxy groups -OCH3 is 1. The van der Waals surface area contributed by atoms with Crippen molar-refractivity contribution in [3.8, 4) is 5.75 Å². The zero-order valence-corrected chi connectivity index (χ0v) is 10.5. The van der Waals surface area contributed by atoms with Gasteiger partial charge in [-0.15, -0.1) is 0 Å². The summed E-state index contributed by atoms with van der Waals surface area (Å²) in [5, 5.41) is 8.86. The van der Waals surface area contributed by atoms with Crippen LogP contribution in [0.4, 0.5) is 4.39 Å². The van der Waals surface area contributed by atoms with E-state index in [-0.39, 0.29) is 5.82 Å². The average Bonchev–Trinajstić information content (AvgIpc) is 2.26. The zero-order valence-electron chi connectivity index (χ0n) is 10.5. The lowest BCUT2D eigenvalue weighted by atomic mass is 9.95. The smallest absolute Gasteiger partial charge is 0.306 e. The van der Waals surface area contributed by atoms with Crippen LogP contribution in [0.3, 0.4) is 0 Å². The van der Waals surface area contributed by atoms with Gasteiger partial charge in [0.2, 0.25) is 0 Å². The number of carbonyl (C=O) groups is 1. The number of hydrogen-bond acceptors (Lipinski definition) is 2. The first-order chi connectivity index (χ1) is 7.88. The monoisotopic (exact) mass is 240 g/mol. The summed E-state index contributed by atoms with van der Waals surface area (Å²) < 4.78 is 18.8. The van der Waals surface area contributed by atoms with Crippen molar-refractivity contribution in [3.63, 3.8) is 0 Å².